The third-order valence-corrected chi connectivity index (χ3v) is 10.4. The monoisotopic (exact) mass is 847 g/mol. The van der Waals surface area contributed by atoms with Gasteiger partial charge in [0.05, 0.1) is 31.0 Å². The van der Waals surface area contributed by atoms with Crippen LogP contribution in [0.15, 0.2) is 76.4 Å². The van der Waals surface area contributed by atoms with E-state index in [1.807, 2.05) is 36.2 Å². The van der Waals surface area contributed by atoms with Crippen LogP contribution in [0.4, 0.5) is 22.9 Å². The Balaban J connectivity index is 0.871. The van der Waals surface area contributed by atoms with E-state index in [-0.39, 0.29) is 67.2 Å². The lowest BCUT2D eigenvalue weighted by Crippen LogP contribution is -2.41. The van der Waals surface area contributed by atoms with Gasteiger partial charge in [-0.05, 0) is 61.7 Å². The summed E-state index contributed by atoms with van der Waals surface area (Å²) in [5.74, 6) is -0.398. The molecule has 62 heavy (non-hydrogen) atoms. The number of benzene rings is 3. The van der Waals surface area contributed by atoms with Crippen molar-refractivity contribution in [3.8, 4) is 11.5 Å². The molecule has 0 saturated heterocycles. The lowest BCUT2D eigenvalue weighted by molar-refractivity contribution is -0.121. The van der Waals surface area contributed by atoms with Crippen LogP contribution in [0.5, 0.6) is 11.5 Å². The number of nitrogens with zero attached hydrogens (tertiary/aromatic N) is 5. The Labute approximate surface area is 357 Å². The molecule has 18 nitrogen and oxygen atoms in total. The molecule has 4 N–H and O–H groups in total. The fourth-order valence-corrected chi connectivity index (χ4v) is 7.47. The minimum Gasteiger partial charge on any atom is -0.493 e. The number of aromatic nitrogens is 2. The number of rotatable bonds is 18. The number of methoxy groups -OCH3 is 1. The standard InChI is InChI=1S/C44H49N9O9/c1-5-47-61-19-9-16-45-39(54)15-17-46-42(56)37-22-28-20-29(13-14-34(28)62-37)48-43(57)41-50-38(26-52(41)3)49-40(55)12-8-18-60-36-24-33-31(23-35(36)59-4)44(58)53-30(25-51(33)2)21-27-10-6-7-11-32(27)53/h5-7,10-11,13-14,20,22-24,26,30H,8-9,12,15-19,21,25H2,1-4H3,(H,45,54)(H,46,56)(H,48,57)(H,49,55)/t30-/m0/s1. The van der Waals surface area contributed by atoms with Gasteiger partial charge in [0.2, 0.25) is 17.6 Å². The molecule has 1 atom stereocenters. The number of hydrogen-bond acceptors (Lipinski definition) is 12. The Morgan fingerprint density at radius 1 is 0.903 bits per heavy atom. The molecule has 324 valence electrons. The van der Waals surface area contributed by atoms with E-state index in [4.69, 9.17) is 18.7 Å². The van der Waals surface area contributed by atoms with Gasteiger partial charge >= 0.3 is 0 Å². The maximum Gasteiger partial charge on any atom is 0.291 e. The third-order valence-electron chi connectivity index (χ3n) is 10.4. The lowest BCUT2D eigenvalue weighted by Gasteiger charge is -2.25. The number of amides is 5. The summed E-state index contributed by atoms with van der Waals surface area (Å²) in [4.78, 5) is 78.0. The molecule has 2 aliphatic heterocycles. The lowest BCUT2D eigenvalue weighted by atomic mass is 10.1. The minimum absolute atomic E-state index is 0.00871. The minimum atomic E-state index is -0.519. The number of aryl methyl sites for hydroxylation is 1. The number of anilines is 4. The summed E-state index contributed by atoms with van der Waals surface area (Å²) in [5.41, 5.74) is 4.23. The van der Waals surface area contributed by atoms with Crippen LogP contribution in [0.25, 0.3) is 11.0 Å². The molecule has 0 radical (unpaired) electrons. The van der Waals surface area contributed by atoms with E-state index < -0.39 is 11.8 Å². The number of hydrogen-bond donors (Lipinski definition) is 4. The quantitative estimate of drug-likeness (QED) is 0.0530. The number of para-hydroxylation sites is 1. The van der Waals surface area contributed by atoms with Gasteiger partial charge in [0.25, 0.3) is 17.7 Å². The van der Waals surface area contributed by atoms with Crippen molar-refractivity contribution in [1.29, 1.82) is 0 Å². The summed E-state index contributed by atoms with van der Waals surface area (Å²) in [6, 6.07) is 18.0. The van der Waals surface area contributed by atoms with Crippen molar-refractivity contribution in [2.24, 2.45) is 12.2 Å². The molecule has 0 fully saturated rings. The second-order valence-corrected chi connectivity index (χ2v) is 14.8. The van der Waals surface area contributed by atoms with Crippen LogP contribution in [0.2, 0.25) is 0 Å². The van der Waals surface area contributed by atoms with E-state index in [9.17, 15) is 24.0 Å². The number of ether oxygens (including phenoxy) is 2. The molecule has 5 aromatic rings. The third kappa shape index (κ3) is 9.80. The molecule has 2 aliphatic rings. The maximum absolute atomic E-state index is 13.9. The Bertz CT molecular complexity index is 2510. The summed E-state index contributed by atoms with van der Waals surface area (Å²) < 4.78 is 18.9. The topological polar surface area (TPSA) is 211 Å². The second-order valence-electron chi connectivity index (χ2n) is 14.8. The number of carbonyl (C=O) groups excluding carboxylic acids is 5. The molecule has 5 amide bonds. The summed E-state index contributed by atoms with van der Waals surface area (Å²) >= 11 is 0. The van der Waals surface area contributed by atoms with Crippen molar-refractivity contribution < 1.29 is 42.7 Å². The van der Waals surface area contributed by atoms with E-state index in [1.165, 1.54) is 24.1 Å². The van der Waals surface area contributed by atoms with E-state index in [2.05, 4.69) is 42.4 Å². The van der Waals surface area contributed by atoms with Crippen molar-refractivity contribution in [1.82, 2.24) is 20.2 Å². The van der Waals surface area contributed by atoms with Gasteiger partial charge in [0.1, 0.15) is 12.2 Å². The highest BCUT2D eigenvalue weighted by Crippen LogP contribution is 2.42. The zero-order valence-electron chi connectivity index (χ0n) is 35.0. The largest absolute Gasteiger partial charge is 0.493 e. The highest BCUT2D eigenvalue weighted by Gasteiger charge is 2.39. The zero-order chi connectivity index (χ0) is 43.8. The van der Waals surface area contributed by atoms with Crippen LogP contribution in [0.3, 0.4) is 0 Å². The smallest absolute Gasteiger partial charge is 0.291 e. The van der Waals surface area contributed by atoms with E-state index in [0.717, 1.165) is 23.4 Å². The van der Waals surface area contributed by atoms with Gasteiger partial charge in [-0.3, -0.25) is 24.0 Å². The van der Waals surface area contributed by atoms with Gasteiger partial charge < -0.3 is 54.4 Å². The molecule has 0 bridgehead atoms. The average molecular weight is 848 g/mol. The van der Waals surface area contributed by atoms with Crippen LogP contribution in [-0.4, -0.2) is 98.3 Å². The number of imidazole rings is 1. The molecular weight excluding hydrogens is 799 g/mol. The predicted molar refractivity (Wildman–Crippen MR) is 232 cm³/mol. The van der Waals surface area contributed by atoms with Crippen molar-refractivity contribution in [2.75, 3.05) is 67.4 Å². The number of fused-ring (bicyclic) bond motifs is 5. The van der Waals surface area contributed by atoms with Crippen LogP contribution < -0.4 is 40.5 Å². The van der Waals surface area contributed by atoms with E-state index >= 15 is 0 Å². The highest BCUT2D eigenvalue weighted by atomic mass is 16.6. The zero-order valence-corrected chi connectivity index (χ0v) is 35.0. The Morgan fingerprint density at radius 3 is 2.56 bits per heavy atom. The maximum atomic E-state index is 13.9. The number of furan rings is 1. The number of oxime groups is 1. The molecular formula is C44H49N9O9. The van der Waals surface area contributed by atoms with Gasteiger partial charge in [-0.2, -0.15) is 0 Å². The summed E-state index contributed by atoms with van der Waals surface area (Å²) in [7, 11) is 5.13. The van der Waals surface area contributed by atoms with Crippen LogP contribution >= 0.6 is 0 Å². The van der Waals surface area contributed by atoms with Crippen molar-refractivity contribution >= 4 is 69.6 Å². The molecule has 0 aliphatic carbocycles. The van der Waals surface area contributed by atoms with Crippen molar-refractivity contribution in [2.45, 2.75) is 45.1 Å². The van der Waals surface area contributed by atoms with E-state index in [1.54, 1.807) is 44.3 Å². The SMILES string of the molecule is CC=NOCCCNC(=O)CCNC(=O)c1cc2cc(NC(=O)c3nc(NC(=O)CCCOc4cc5c(cc4OC)C(=O)N4c6ccccc6C[C@H]4CN5C)cn3C)ccc2o1. The first kappa shape index (κ1) is 42.7. The van der Waals surface area contributed by atoms with E-state index in [0.29, 0.717) is 66.3 Å². The molecule has 18 heteroatoms. The van der Waals surface area contributed by atoms with Gasteiger partial charge in [-0.25, -0.2) is 4.98 Å². The fourth-order valence-electron chi connectivity index (χ4n) is 7.47. The van der Waals surface area contributed by atoms with Crippen molar-refractivity contribution in [3.05, 3.63) is 89.6 Å². The Morgan fingerprint density at radius 2 is 1.74 bits per heavy atom. The van der Waals surface area contributed by atoms with Crippen molar-refractivity contribution in [3.63, 3.8) is 0 Å². The molecule has 0 spiro atoms. The average Bonchev–Trinajstić information content (AvgIpc) is 3.95. The molecule has 3 aromatic carbocycles. The summed E-state index contributed by atoms with van der Waals surface area (Å²) in [6.07, 6.45) is 5.04. The van der Waals surface area contributed by atoms with Gasteiger partial charge in [0.15, 0.2) is 23.1 Å². The first-order chi connectivity index (χ1) is 30.0. The predicted octanol–water partition coefficient (Wildman–Crippen LogP) is 4.89. The van der Waals surface area contributed by atoms with Crippen LogP contribution in [0.1, 0.15) is 69.7 Å². The summed E-state index contributed by atoms with van der Waals surface area (Å²) in [6.45, 7) is 3.54. The Kier molecular flexibility index (Phi) is 13.3. The first-order valence-corrected chi connectivity index (χ1v) is 20.3. The molecule has 0 unspecified atom stereocenters. The molecule has 4 heterocycles. The Hall–Kier alpha value is -7.37. The molecule has 7 rings (SSSR count). The van der Waals surface area contributed by atoms with Crippen LogP contribution in [0, 0.1) is 0 Å². The second kappa shape index (κ2) is 19.3. The normalized spacial score (nSPS) is 14.2. The number of carbonyl (C=O) groups is 5. The first-order valence-electron chi connectivity index (χ1n) is 20.3. The molecule has 0 saturated carbocycles. The number of nitrogens with one attached hydrogen (secondary N) is 4. The summed E-state index contributed by atoms with van der Waals surface area (Å²) in [5, 5.41) is 15.2. The number of likely N-dealkylation sites (N-methyl/N-ethyl adjacent to an activating group) is 1. The van der Waals surface area contributed by atoms with Gasteiger partial charge in [-0.1, -0.05) is 23.4 Å². The van der Waals surface area contributed by atoms with Crippen LogP contribution in [-0.2, 0) is 27.9 Å². The molecule has 2 aromatic heterocycles. The van der Waals surface area contributed by atoms with Gasteiger partial charge in [-0.15, -0.1) is 0 Å². The fraction of sp³-hybridized carbons (Fsp3) is 0.341. The highest BCUT2D eigenvalue weighted by molar-refractivity contribution is 6.12. The van der Waals surface area contributed by atoms with Gasteiger partial charge in [0, 0.05) is 88.2 Å².